The van der Waals surface area contributed by atoms with Gasteiger partial charge in [-0.05, 0) is 37.1 Å². The third-order valence-corrected chi connectivity index (χ3v) is 3.41. The second kappa shape index (κ2) is 9.39. The van der Waals surface area contributed by atoms with Crippen LogP contribution in [0.15, 0.2) is 28.7 Å². The lowest BCUT2D eigenvalue weighted by atomic mass is 10.2. The van der Waals surface area contributed by atoms with E-state index in [-0.39, 0.29) is 25.2 Å². The van der Waals surface area contributed by atoms with Gasteiger partial charge in [0.1, 0.15) is 5.75 Å². The molecule has 0 aromatic heterocycles. The van der Waals surface area contributed by atoms with E-state index in [2.05, 4.69) is 21.2 Å². The first-order valence-corrected chi connectivity index (χ1v) is 7.67. The molecule has 0 unspecified atom stereocenters. The van der Waals surface area contributed by atoms with Crippen molar-refractivity contribution in [2.75, 3.05) is 13.2 Å². The largest absolute Gasteiger partial charge is 0.482 e. The van der Waals surface area contributed by atoms with Gasteiger partial charge in [-0.1, -0.05) is 29.8 Å². The van der Waals surface area contributed by atoms with Crippen molar-refractivity contribution in [3.8, 4) is 5.75 Å². The number of amides is 1. The monoisotopic (exact) mass is 357 g/mol. The summed E-state index contributed by atoms with van der Waals surface area (Å²) in [4.78, 5) is 23.0. The van der Waals surface area contributed by atoms with E-state index < -0.39 is 5.97 Å². The summed E-state index contributed by atoms with van der Waals surface area (Å²) >= 11 is 3.31. The molecule has 0 aliphatic heterocycles. The zero-order valence-electron chi connectivity index (χ0n) is 12.2. The standard InChI is InChI=1S/C15H20BrNO4/c1-3-12(4-2)17-14(18)9-21-15(19)10-20-13-7-5-11(16)6-8-13/h5-8,12H,3-4,9-10H2,1-2H3,(H,17,18). The Bertz CT molecular complexity index is 457. The van der Waals surface area contributed by atoms with Crippen molar-refractivity contribution in [3.63, 3.8) is 0 Å². The van der Waals surface area contributed by atoms with Crippen LogP contribution < -0.4 is 10.1 Å². The molecule has 0 radical (unpaired) electrons. The fourth-order valence-electron chi connectivity index (χ4n) is 1.62. The molecule has 1 N–H and O–H groups in total. The van der Waals surface area contributed by atoms with E-state index >= 15 is 0 Å². The summed E-state index contributed by atoms with van der Waals surface area (Å²) in [6.07, 6.45) is 1.70. The summed E-state index contributed by atoms with van der Waals surface area (Å²) in [5.74, 6) is -0.296. The van der Waals surface area contributed by atoms with Crippen LogP contribution in [0.2, 0.25) is 0 Å². The molecule has 1 rings (SSSR count). The normalized spacial score (nSPS) is 10.3. The molecule has 0 spiro atoms. The van der Waals surface area contributed by atoms with Crippen molar-refractivity contribution in [2.45, 2.75) is 32.7 Å². The predicted octanol–water partition coefficient (Wildman–Crippen LogP) is 2.68. The first-order valence-electron chi connectivity index (χ1n) is 6.88. The number of nitrogens with one attached hydrogen (secondary N) is 1. The van der Waals surface area contributed by atoms with Crippen molar-refractivity contribution >= 4 is 27.8 Å². The molecule has 0 saturated heterocycles. The van der Waals surface area contributed by atoms with Gasteiger partial charge >= 0.3 is 5.97 Å². The molecule has 0 aliphatic rings. The van der Waals surface area contributed by atoms with Gasteiger partial charge in [-0.25, -0.2) is 4.79 Å². The Labute approximate surface area is 133 Å². The molecule has 0 atom stereocenters. The van der Waals surface area contributed by atoms with Gasteiger partial charge in [-0.3, -0.25) is 4.79 Å². The third kappa shape index (κ3) is 7.13. The highest BCUT2D eigenvalue weighted by molar-refractivity contribution is 9.10. The van der Waals surface area contributed by atoms with E-state index in [0.717, 1.165) is 17.3 Å². The Morgan fingerprint density at radius 3 is 2.33 bits per heavy atom. The Kier molecular flexibility index (Phi) is 7.82. The van der Waals surface area contributed by atoms with Gasteiger partial charge in [-0.15, -0.1) is 0 Å². The van der Waals surface area contributed by atoms with Crippen LogP contribution in [0.1, 0.15) is 26.7 Å². The van der Waals surface area contributed by atoms with Crippen molar-refractivity contribution < 1.29 is 19.1 Å². The van der Waals surface area contributed by atoms with E-state index in [4.69, 9.17) is 9.47 Å². The molecule has 0 saturated carbocycles. The van der Waals surface area contributed by atoms with Crippen LogP contribution in [0.25, 0.3) is 0 Å². The Balaban J connectivity index is 2.24. The summed E-state index contributed by atoms with van der Waals surface area (Å²) in [5.41, 5.74) is 0. The minimum atomic E-state index is -0.572. The molecule has 6 heteroatoms. The molecule has 0 bridgehead atoms. The van der Waals surface area contributed by atoms with E-state index in [0.29, 0.717) is 5.75 Å². The maximum absolute atomic E-state index is 11.6. The highest BCUT2D eigenvalue weighted by atomic mass is 79.9. The molecule has 0 aliphatic carbocycles. The molecule has 0 heterocycles. The van der Waals surface area contributed by atoms with Crippen molar-refractivity contribution in [2.24, 2.45) is 0 Å². The van der Waals surface area contributed by atoms with Gasteiger partial charge in [0.05, 0.1) is 0 Å². The third-order valence-electron chi connectivity index (χ3n) is 2.89. The Hall–Kier alpha value is -1.56. The average Bonchev–Trinajstić information content (AvgIpc) is 2.50. The van der Waals surface area contributed by atoms with Gasteiger partial charge in [-0.2, -0.15) is 0 Å². The predicted molar refractivity (Wildman–Crippen MR) is 83.1 cm³/mol. The lowest BCUT2D eigenvalue weighted by Gasteiger charge is -2.14. The second-order valence-corrected chi connectivity index (χ2v) is 5.40. The van der Waals surface area contributed by atoms with Crippen molar-refractivity contribution in [1.82, 2.24) is 5.32 Å². The van der Waals surface area contributed by atoms with Gasteiger partial charge < -0.3 is 14.8 Å². The van der Waals surface area contributed by atoms with Crippen LogP contribution in [0.5, 0.6) is 5.75 Å². The maximum Gasteiger partial charge on any atom is 0.344 e. The van der Waals surface area contributed by atoms with Crippen molar-refractivity contribution in [3.05, 3.63) is 28.7 Å². The van der Waals surface area contributed by atoms with Crippen LogP contribution >= 0.6 is 15.9 Å². The molecule has 5 nitrogen and oxygen atoms in total. The highest BCUT2D eigenvalue weighted by Gasteiger charge is 2.11. The van der Waals surface area contributed by atoms with Crippen LogP contribution in [0.4, 0.5) is 0 Å². The Morgan fingerprint density at radius 2 is 1.76 bits per heavy atom. The molecule has 21 heavy (non-hydrogen) atoms. The minimum Gasteiger partial charge on any atom is -0.482 e. The van der Waals surface area contributed by atoms with E-state index in [1.807, 2.05) is 26.0 Å². The van der Waals surface area contributed by atoms with Crippen LogP contribution in [0, 0.1) is 0 Å². The van der Waals surface area contributed by atoms with Gasteiger partial charge in [0.15, 0.2) is 13.2 Å². The molecule has 1 aromatic rings. The molecular weight excluding hydrogens is 338 g/mol. The highest BCUT2D eigenvalue weighted by Crippen LogP contribution is 2.15. The zero-order chi connectivity index (χ0) is 15.7. The fraction of sp³-hybridized carbons (Fsp3) is 0.467. The summed E-state index contributed by atoms with van der Waals surface area (Å²) < 4.78 is 11.0. The SMILES string of the molecule is CCC(CC)NC(=O)COC(=O)COc1ccc(Br)cc1. The fourth-order valence-corrected chi connectivity index (χ4v) is 1.89. The Morgan fingerprint density at radius 1 is 1.14 bits per heavy atom. The summed E-state index contributed by atoms with van der Waals surface area (Å²) in [6.45, 7) is 3.48. The van der Waals surface area contributed by atoms with E-state index in [1.165, 1.54) is 0 Å². The summed E-state index contributed by atoms with van der Waals surface area (Å²) in [6, 6.07) is 7.21. The number of ether oxygens (including phenoxy) is 2. The zero-order valence-corrected chi connectivity index (χ0v) is 13.8. The topological polar surface area (TPSA) is 64.6 Å². The van der Waals surface area contributed by atoms with Crippen LogP contribution in [-0.4, -0.2) is 31.1 Å². The number of hydrogen-bond donors (Lipinski definition) is 1. The van der Waals surface area contributed by atoms with Gasteiger partial charge in [0.25, 0.3) is 5.91 Å². The number of hydrogen-bond acceptors (Lipinski definition) is 4. The van der Waals surface area contributed by atoms with Crippen LogP contribution in [-0.2, 0) is 14.3 Å². The maximum atomic E-state index is 11.6. The number of halogens is 1. The molecular formula is C15H20BrNO4. The first kappa shape index (κ1) is 17.5. The molecule has 1 amide bonds. The number of rotatable bonds is 8. The number of carbonyl (C=O) groups is 2. The lowest BCUT2D eigenvalue weighted by molar-refractivity contribution is -0.150. The van der Waals surface area contributed by atoms with E-state index in [1.54, 1.807) is 12.1 Å². The first-order chi connectivity index (χ1) is 10.0. The van der Waals surface area contributed by atoms with E-state index in [9.17, 15) is 9.59 Å². The molecule has 116 valence electrons. The van der Waals surface area contributed by atoms with Gasteiger partial charge in [0.2, 0.25) is 0 Å². The number of benzene rings is 1. The number of esters is 1. The smallest absolute Gasteiger partial charge is 0.344 e. The average molecular weight is 358 g/mol. The van der Waals surface area contributed by atoms with Crippen molar-refractivity contribution in [1.29, 1.82) is 0 Å². The lowest BCUT2D eigenvalue weighted by Crippen LogP contribution is -2.37. The summed E-state index contributed by atoms with van der Waals surface area (Å²) in [7, 11) is 0. The second-order valence-electron chi connectivity index (χ2n) is 4.48. The number of carbonyl (C=O) groups excluding carboxylic acids is 2. The summed E-state index contributed by atoms with van der Waals surface area (Å²) in [5, 5.41) is 2.79. The molecule has 0 fully saturated rings. The minimum absolute atomic E-state index is 0.121. The quantitative estimate of drug-likeness (QED) is 0.726. The van der Waals surface area contributed by atoms with Crippen LogP contribution in [0.3, 0.4) is 0 Å². The van der Waals surface area contributed by atoms with Gasteiger partial charge in [0, 0.05) is 10.5 Å². The molecule has 1 aromatic carbocycles.